The van der Waals surface area contributed by atoms with Crippen molar-refractivity contribution in [3.8, 4) is 0 Å². The zero-order chi connectivity index (χ0) is 8.81. The van der Waals surface area contributed by atoms with Gasteiger partial charge in [0, 0.05) is 18.2 Å². The molecule has 0 bridgehead atoms. The van der Waals surface area contributed by atoms with E-state index >= 15 is 0 Å². The molecule has 66 valence electrons. The zero-order valence-corrected chi connectivity index (χ0v) is 7.93. The van der Waals surface area contributed by atoms with E-state index in [0.29, 0.717) is 0 Å². The van der Waals surface area contributed by atoms with Crippen LogP contribution in [0.15, 0.2) is 23.8 Å². The van der Waals surface area contributed by atoms with E-state index in [1.54, 1.807) is 24.0 Å². The summed E-state index contributed by atoms with van der Waals surface area (Å²) in [6.45, 7) is 2.86. The Morgan fingerprint density at radius 1 is 1.83 bits per heavy atom. The Kier molecular flexibility index (Phi) is 3.94. The lowest BCUT2D eigenvalue weighted by atomic mass is 10.1. The molecule has 2 nitrogen and oxygen atoms in total. The van der Waals surface area contributed by atoms with Crippen molar-refractivity contribution < 1.29 is 4.79 Å². The molecular formula is C9H13NOS. The average molecular weight is 183 g/mol. The predicted molar refractivity (Wildman–Crippen MR) is 52.9 cm³/mol. The first-order valence-corrected chi connectivity index (χ1v) is 5.11. The molecule has 0 radical (unpaired) electrons. The zero-order valence-electron chi connectivity index (χ0n) is 7.12. The third-order valence-electron chi connectivity index (χ3n) is 1.62. The van der Waals surface area contributed by atoms with Crippen LogP contribution in [0.3, 0.4) is 0 Å². The van der Waals surface area contributed by atoms with Gasteiger partial charge in [0.15, 0.2) is 5.78 Å². The van der Waals surface area contributed by atoms with Gasteiger partial charge in [0.2, 0.25) is 0 Å². The van der Waals surface area contributed by atoms with E-state index < -0.39 is 0 Å². The van der Waals surface area contributed by atoms with E-state index in [9.17, 15) is 4.79 Å². The van der Waals surface area contributed by atoms with E-state index in [4.69, 9.17) is 0 Å². The number of nitrogens with one attached hydrogen (secondary N) is 1. The van der Waals surface area contributed by atoms with Crippen molar-refractivity contribution in [1.82, 2.24) is 5.32 Å². The number of rotatable bonds is 4. The smallest absolute Gasteiger partial charge is 0.164 e. The normalized spacial score (nSPS) is 21.9. The topological polar surface area (TPSA) is 29.1 Å². The lowest BCUT2D eigenvalue weighted by molar-refractivity contribution is -0.116. The van der Waals surface area contributed by atoms with Crippen molar-refractivity contribution >= 4 is 17.5 Å². The summed E-state index contributed by atoms with van der Waals surface area (Å²) < 4.78 is 0. The first-order chi connectivity index (χ1) is 5.84. The summed E-state index contributed by atoms with van der Waals surface area (Å²) in [5.41, 5.74) is 0. The van der Waals surface area contributed by atoms with Gasteiger partial charge in [-0.3, -0.25) is 4.79 Å². The molecule has 0 aromatic heterocycles. The molecule has 0 aromatic rings. The van der Waals surface area contributed by atoms with Crippen LogP contribution in [-0.2, 0) is 4.79 Å². The van der Waals surface area contributed by atoms with Crippen LogP contribution in [0.2, 0.25) is 0 Å². The Morgan fingerprint density at radius 3 is 3.25 bits per heavy atom. The SMILES string of the molecule is CCN/C=C\C(=O)C1C=CSC1. The molecule has 0 saturated heterocycles. The van der Waals surface area contributed by atoms with Crippen molar-refractivity contribution in [3.63, 3.8) is 0 Å². The van der Waals surface area contributed by atoms with Gasteiger partial charge in [0.1, 0.15) is 0 Å². The fourth-order valence-corrected chi connectivity index (χ4v) is 1.82. The molecule has 1 aliphatic rings. The molecule has 1 heterocycles. The molecule has 0 saturated carbocycles. The lowest BCUT2D eigenvalue weighted by Gasteiger charge is -2.00. The highest BCUT2D eigenvalue weighted by atomic mass is 32.2. The third kappa shape index (κ3) is 2.74. The Morgan fingerprint density at radius 2 is 2.67 bits per heavy atom. The van der Waals surface area contributed by atoms with Crippen molar-refractivity contribution in [2.24, 2.45) is 5.92 Å². The van der Waals surface area contributed by atoms with E-state index in [1.165, 1.54) is 0 Å². The second kappa shape index (κ2) is 5.04. The van der Waals surface area contributed by atoms with Crippen LogP contribution in [-0.4, -0.2) is 18.1 Å². The van der Waals surface area contributed by atoms with Crippen molar-refractivity contribution in [2.45, 2.75) is 6.92 Å². The van der Waals surface area contributed by atoms with Crippen LogP contribution < -0.4 is 5.32 Å². The molecule has 1 unspecified atom stereocenters. The Bertz CT molecular complexity index is 211. The fourth-order valence-electron chi connectivity index (χ4n) is 0.925. The van der Waals surface area contributed by atoms with Gasteiger partial charge >= 0.3 is 0 Å². The number of hydrogen-bond acceptors (Lipinski definition) is 3. The standard InChI is InChI=1S/C9H13NOS/c1-2-10-5-3-9(11)8-4-6-12-7-8/h3-6,8,10H,2,7H2,1H3/b5-3-. The third-order valence-corrected chi connectivity index (χ3v) is 2.52. The molecule has 1 N–H and O–H groups in total. The maximum absolute atomic E-state index is 11.3. The molecule has 1 rings (SSSR count). The van der Waals surface area contributed by atoms with Gasteiger partial charge in [0.25, 0.3) is 0 Å². The Hall–Kier alpha value is -0.700. The summed E-state index contributed by atoms with van der Waals surface area (Å²) >= 11 is 1.69. The van der Waals surface area contributed by atoms with Gasteiger partial charge in [-0.05, 0) is 24.6 Å². The average Bonchev–Trinajstić information content (AvgIpc) is 2.56. The summed E-state index contributed by atoms with van der Waals surface area (Å²) in [7, 11) is 0. The van der Waals surface area contributed by atoms with Gasteiger partial charge in [-0.1, -0.05) is 6.08 Å². The molecule has 3 heteroatoms. The molecule has 0 aliphatic carbocycles. The Labute approximate surface area is 77.1 Å². The van der Waals surface area contributed by atoms with E-state index in [-0.39, 0.29) is 11.7 Å². The summed E-state index contributed by atoms with van der Waals surface area (Å²) in [5.74, 6) is 1.19. The highest BCUT2D eigenvalue weighted by Crippen LogP contribution is 2.20. The van der Waals surface area contributed by atoms with E-state index in [1.807, 2.05) is 18.4 Å². The number of carbonyl (C=O) groups excluding carboxylic acids is 1. The van der Waals surface area contributed by atoms with E-state index in [0.717, 1.165) is 12.3 Å². The first kappa shape index (κ1) is 9.39. The molecule has 0 amide bonds. The van der Waals surface area contributed by atoms with Gasteiger partial charge in [0.05, 0.1) is 0 Å². The van der Waals surface area contributed by atoms with Crippen LogP contribution in [0.1, 0.15) is 6.92 Å². The lowest BCUT2D eigenvalue weighted by Crippen LogP contribution is -2.11. The summed E-state index contributed by atoms with van der Waals surface area (Å²) in [4.78, 5) is 11.3. The van der Waals surface area contributed by atoms with Crippen LogP contribution in [0, 0.1) is 5.92 Å². The van der Waals surface area contributed by atoms with Crippen LogP contribution in [0.5, 0.6) is 0 Å². The number of hydrogen-bond donors (Lipinski definition) is 1. The molecule has 12 heavy (non-hydrogen) atoms. The number of thioether (sulfide) groups is 1. The van der Waals surface area contributed by atoms with Crippen LogP contribution in [0.4, 0.5) is 0 Å². The van der Waals surface area contributed by atoms with E-state index in [2.05, 4.69) is 5.32 Å². The maximum Gasteiger partial charge on any atom is 0.164 e. The van der Waals surface area contributed by atoms with Gasteiger partial charge in [-0.25, -0.2) is 0 Å². The number of allylic oxidation sites excluding steroid dienone is 2. The van der Waals surface area contributed by atoms with Crippen LogP contribution >= 0.6 is 11.8 Å². The largest absolute Gasteiger partial charge is 0.391 e. The maximum atomic E-state index is 11.3. The number of ketones is 1. The number of carbonyl (C=O) groups is 1. The summed E-state index contributed by atoms with van der Waals surface area (Å²) in [5, 5.41) is 4.96. The van der Waals surface area contributed by atoms with Gasteiger partial charge in [-0.2, -0.15) is 0 Å². The van der Waals surface area contributed by atoms with Crippen molar-refractivity contribution in [2.75, 3.05) is 12.3 Å². The highest BCUT2D eigenvalue weighted by molar-refractivity contribution is 8.02. The van der Waals surface area contributed by atoms with Crippen LogP contribution in [0.25, 0.3) is 0 Å². The van der Waals surface area contributed by atoms with Gasteiger partial charge in [-0.15, -0.1) is 11.8 Å². The fraction of sp³-hybridized carbons (Fsp3) is 0.444. The Balaban J connectivity index is 2.32. The summed E-state index contributed by atoms with van der Waals surface area (Å²) in [6, 6.07) is 0. The second-order valence-electron chi connectivity index (χ2n) is 2.56. The molecular weight excluding hydrogens is 170 g/mol. The quantitative estimate of drug-likeness (QED) is 0.671. The molecule has 1 atom stereocenters. The minimum atomic E-state index is 0.102. The molecule has 0 aromatic carbocycles. The monoisotopic (exact) mass is 183 g/mol. The van der Waals surface area contributed by atoms with Gasteiger partial charge < -0.3 is 5.32 Å². The molecule has 0 fully saturated rings. The molecule has 1 aliphatic heterocycles. The second-order valence-corrected chi connectivity index (χ2v) is 3.50. The summed E-state index contributed by atoms with van der Waals surface area (Å²) in [6.07, 6.45) is 5.30. The minimum absolute atomic E-state index is 0.102. The van der Waals surface area contributed by atoms with Crippen molar-refractivity contribution in [3.05, 3.63) is 23.8 Å². The minimum Gasteiger partial charge on any atom is -0.391 e. The highest BCUT2D eigenvalue weighted by Gasteiger charge is 2.15. The molecule has 0 spiro atoms. The van der Waals surface area contributed by atoms with Crippen molar-refractivity contribution in [1.29, 1.82) is 0 Å². The first-order valence-electron chi connectivity index (χ1n) is 4.06. The predicted octanol–water partition coefficient (Wildman–Crippen LogP) is 1.56.